The topological polar surface area (TPSA) is 28.7 Å². The average Bonchev–Trinajstić information content (AvgIpc) is 3.04. The number of alkyl halides is 3. The number of benzene rings is 2. The first-order valence-electron chi connectivity index (χ1n) is 9.10. The molecule has 0 radical (unpaired) electrons. The van der Waals surface area contributed by atoms with Gasteiger partial charge in [-0.15, -0.1) is 0 Å². The normalized spacial score (nSPS) is 21.2. The van der Waals surface area contributed by atoms with E-state index in [1.165, 1.54) is 11.6 Å². The van der Waals surface area contributed by atoms with Crippen molar-refractivity contribution in [2.75, 3.05) is 0 Å². The summed E-state index contributed by atoms with van der Waals surface area (Å²) in [7, 11) is 0. The van der Waals surface area contributed by atoms with Gasteiger partial charge in [0.05, 0.1) is 16.6 Å². The number of aromatic amines is 1. The molecule has 0 unspecified atom stereocenters. The number of rotatable bonds is 3. The second kappa shape index (κ2) is 6.78. The molecule has 1 saturated carbocycles. The molecule has 0 amide bonds. The molecule has 0 bridgehead atoms. The van der Waals surface area contributed by atoms with Crippen molar-refractivity contribution in [2.45, 2.75) is 44.2 Å². The van der Waals surface area contributed by atoms with E-state index in [-0.39, 0.29) is 0 Å². The minimum atomic E-state index is -4.33. The van der Waals surface area contributed by atoms with Crippen molar-refractivity contribution in [3.05, 3.63) is 65.5 Å². The molecular formula is C21H21F3N2. The molecule has 0 spiro atoms. The van der Waals surface area contributed by atoms with Crippen molar-refractivity contribution in [1.29, 1.82) is 0 Å². The summed E-state index contributed by atoms with van der Waals surface area (Å²) in [6, 6.07) is 14.3. The molecule has 136 valence electrons. The van der Waals surface area contributed by atoms with Crippen molar-refractivity contribution in [3.63, 3.8) is 0 Å². The Kier molecular flexibility index (Phi) is 4.47. The van der Waals surface area contributed by atoms with Crippen LogP contribution in [-0.4, -0.2) is 9.97 Å². The Hall–Kier alpha value is -2.30. The highest BCUT2D eigenvalue weighted by molar-refractivity contribution is 5.76. The van der Waals surface area contributed by atoms with E-state index in [4.69, 9.17) is 0 Å². The van der Waals surface area contributed by atoms with Crippen LogP contribution in [-0.2, 0) is 12.6 Å². The zero-order valence-electron chi connectivity index (χ0n) is 14.4. The molecule has 1 fully saturated rings. The monoisotopic (exact) mass is 358 g/mol. The van der Waals surface area contributed by atoms with Crippen molar-refractivity contribution in [3.8, 4) is 0 Å². The van der Waals surface area contributed by atoms with Crippen LogP contribution in [0.25, 0.3) is 11.0 Å². The molecule has 1 N–H and O–H groups in total. The molecule has 1 aliphatic carbocycles. The molecule has 5 heteroatoms. The maximum Gasteiger partial charge on any atom is 0.416 e. The molecule has 1 heterocycles. The minimum Gasteiger partial charge on any atom is -0.342 e. The molecule has 26 heavy (non-hydrogen) atoms. The number of H-pyrrole nitrogens is 1. The van der Waals surface area contributed by atoms with Gasteiger partial charge in [0.15, 0.2) is 0 Å². The molecule has 1 aromatic heterocycles. The van der Waals surface area contributed by atoms with Crippen LogP contribution in [0.15, 0.2) is 48.5 Å². The fourth-order valence-corrected chi connectivity index (χ4v) is 4.03. The summed E-state index contributed by atoms with van der Waals surface area (Å²) in [5, 5.41) is 0. The van der Waals surface area contributed by atoms with Crippen molar-refractivity contribution >= 4 is 11.0 Å². The lowest BCUT2D eigenvalue weighted by molar-refractivity contribution is -0.137. The van der Waals surface area contributed by atoms with Gasteiger partial charge in [0, 0.05) is 6.42 Å². The van der Waals surface area contributed by atoms with Gasteiger partial charge in [0.25, 0.3) is 0 Å². The van der Waals surface area contributed by atoms with Gasteiger partial charge < -0.3 is 4.98 Å². The Morgan fingerprint density at radius 2 is 1.69 bits per heavy atom. The highest BCUT2D eigenvalue weighted by Crippen LogP contribution is 2.37. The van der Waals surface area contributed by atoms with Crippen LogP contribution in [0, 0.1) is 5.92 Å². The smallest absolute Gasteiger partial charge is 0.342 e. The molecule has 4 rings (SSSR count). The largest absolute Gasteiger partial charge is 0.416 e. The van der Waals surface area contributed by atoms with Gasteiger partial charge in [0.1, 0.15) is 5.82 Å². The predicted octanol–water partition coefficient (Wildman–Crippen LogP) is 6.10. The fourth-order valence-electron chi connectivity index (χ4n) is 4.03. The number of halogens is 3. The Morgan fingerprint density at radius 1 is 0.962 bits per heavy atom. The van der Waals surface area contributed by atoms with Crippen molar-refractivity contribution in [1.82, 2.24) is 9.97 Å². The Balaban J connectivity index is 1.42. The minimum absolute atomic E-state index is 0.396. The molecule has 3 aromatic rings. The van der Waals surface area contributed by atoms with Gasteiger partial charge in [-0.25, -0.2) is 4.98 Å². The van der Waals surface area contributed by atoms with Gasteiger partial charge in [0.2, 0.25) is 0 Å². The van der Waals surface area contributed by atoms with E-state index in [1.54, 1.807) is 0 Å². The lowest BCUT2D eigenvalue weighted by Crippen LogP contribution is -2.15. The van der Waals surface area contributed by atoms with Gasteiger partial charge in [-0.1, -0.05) is 30.3 Å². The van der Waals surface area contributed by atoms with Gasteiger partial charge in [-0.3, -0.25) is 0 Å². The Bertz CT molecular complexity index is 875. The summed E-state index contributed by atoms with van der Waals surface area (Å²) >= 11 is 0. The van der Waals surface area contributed by atoms with Crippen LogP contribution in [0.3, 0.4) is 0 Å². The first-order valence-corrected chi connectivity index (χ1v) is 9.10. The zero-order chi connectivity index (χ0) is 18.1. The molecule has 2 aromatic carbocycles. The molecule has 1 aliphatic rings. The summed E-state index contributed by atoms with van der Waals surface area (Å²) in [5.41, 5.74) is 1.83. The van der Waals surface area contributed by atoms with E-state index in [9.17, 15) is 13.2 Å². The van der Waals surface area contributed by atoms with E-state index in [2.05, 4.69) is 34.2 Å². The summed E-state index contributed by atoms with van der Waals surface area (Å²) in [5.74, 6) is 1.96. The SMILES string of the molecule is FC(F)(F)c1ccc2[nH]c(C[C@H]3CC[C@@H](c4ccccc4)CC3)nc2c1. The van der Waals surface area contributed by atoms with Gasteiger partial charge in [-0.2, -0.15) is 13.2 Å². The van der Waals surface area contributed by atoms with Crippen LogP contribution < -0.4 is 0 Å². The van der Waals surface area contributed by atoms with Gasteiger partial charge >= 0.3 is 6.18 Å². The van der Waals surface area contributed by atoms with E-state index in [0.29, 0.717) is 22.9 Å². The second-order valence-electron chi connectivity index (χ2n) is 7.25. The number of fused-ring (bicyclic) bond motifs is 1. The number of aromatic nitrogens is 2. The highest BCUT2D eigenvalue weighted by Gasteiger charge is 2.31. The van der Waals surface area contributed by atoms with Gasteiger partial charge in [-0.05, 0) is 61.3 Å². The lowest BCUT2D eigenvalue weighted by atomic mass is 9.77. The molecular weight excluding hydrogens is 337 g/mol. The number of nitrogens with zero attached hydrogens (tertiary/aromatic N) is 1. The number of hydrogen-bond acceptors (Lipinski definition) is 1. The van der Waals surface area contributed by atoms with Crippen LogP contribution in [0.4, 0.5) is 13.2 Å². The number of hydrogen-bond donors (Lipinski definition) is 1. The quantitative estimate of drug-likeness (QED) is 0.602. The first kappa shape index (κ1) is 17.1. The standard InChI is InChI=1S/C21H21F3N2/c22-21(23,24)17-10-11-18-19(13-17)26-20(25-18)12-14-6-8-16(9-7-14)15-4-2-1-3-5-15/h1-5,10-11,13-14,16H,6-9,12H2,(H,25,26)/t14-,16+. The summed E-state index contributed by atoms with van der Waals surface area (Å²) in [6.07, 6.45) is 1.05. The van der Waals surface area contributed by atoms with E-state index < -0.39 is 11.7 Å². The summed E-state index contributed by atoms with van der Waals surface area (Å²) in [4.78, 5) is 7.59. The Morgan fingerprint density at radius 3 is 2.38 bits per heavy atom. The second-order valence-corrected chi connectivity index (χ2v) is 7.25. The molecule has 0 saturated heterocycles. The molecule has 0 atom stereocenters. The maximum absolute atomic E-state index is 12.8. The predicted molar refractivity (Wildman–Crippen MR) is 95.9 cm³/mol. The third-order valence-electron chi connectivity index (χ3n) is 5.46. The van der Waals surface area contributed by atoms with E-state index >= 15 is 0 Å². The zero-order valence-corrected chi connectivity index (χ0v) is 14.4. The first-order chi connectivity index (χ1) is 12.5. The molecule has 2 nitrogen and oxygen atoms in total. The fraction of sp³-hybridized carbons (Fsp3) is 0.381. The van der Waals surface area contributed by atoms with Crippen molar-refractivity contribution in [2.24, 2.45) is 5.92 Å². The van der Waals surface area contributed by atoms with Crippen LogP contribution in [0.2, 0.25) is 0 Å². The summed E-state index contributed by atoms with van der Waals surface area (Å²) < 4.78 is 38.5. The third-order valence-corrected chi connectivity index (χ3v) is 5.46. The maximum atomic E-state index is 12.8. The highest BCUT2D eigenvalue weighted by atomic mass is 19.4. The molecule has 0 aliphatic heterocycles. The number of nitrogens with one attached hydrogen (secondary N) is 1. The van der Waals surface area contributed by atoms with E-state index in [1.807, 2.05) is 6.07 Å². The van der Waals surface area contributed by atoms with Crippen LogP contribution in [0.5, 0.6) is 0 Å². The van der Waals surface area contributed by atoms with Crippen LogP contribution in [0.1, 0.15) is 48.6 Å². The Labute approximate surface area is 150 Å². The number of imidazole rings is 1. The lowest BCUT2D eigenvalue weighted by Gasteiger charge is -2.28. The van der Waals surface area contributed by atoms with E-state index in [0.717, 1.165) is 50.1 Å². The third kappa shape index (κ3) is 3.62. The van der Waals surface area contributed by atoms with Crippen molar-refractivity contribution < 1.29 is 13.2 Å². The van der Waals surface area contributed by atoms with Crippen LogP contribution >= 0.6 is 0 Å². The summed E-state index contributed by atoms with van der Waals surface area (Å²) in [6.45, 7) is 0. The average molecular weight is 358 g/mol.